The van der Waals surface area contributed by atoms with Crippen LogP contribution in [0.2, 0.25) is 0 Å². The number of hydrogen-bond acceptors (Lipinski definition) is 3. The molecule has 160 valence electrons. The molecule has 2 aromatic carbocycles. The van der Waals surface area contributed by atoms with Gasteiger partial charge >= 0.3 is 0 Å². The highest BCUT2D eigenvalue weighted by Gasteiger charge is 2.35. The maximum Gasteiger partial charge on any atom is 0.254 e. The zero-order valence-corrected chi connectivity index (χ0v) is 19.3. The Morgan fingerprint density at radius 2 is 1.87 bits per heavy atom. The zero-order valence-electron chi connectivity index (χ0n) is 17.6. The average molecular weight is 446 g/mol. The number of aryl methyl sites for hydroxylation is 2. The molecule has 0 radical (unpaired) electrons. The summed E-state index contributed by atoms with van der Waals surface area (Å²) in [5, 5.41) is 0.905. The molecule has 30 heavy (non-hydrogen) atoms. The Bertz CT molecular complexity index is 1070. The highest BCUT2D eigenvalue weighted by atomic mass is 35.5. The molecular formula is C24H29Cl2N3O. The van der Waals surface area contributed by atoms with Crippen LogP contribution in [0, 0.1) is 19.3 Å². The van der Waals surface area contributed by atoms with E-state index < -0.39 is 0 Å². The summed E-state index contributed by atoms with van der Waals surface area (Å²) in [6.45, 7) is 8.39. The first-order chi connectivity index (χ1) is 13.4. The van der Waals surface area contributed by atoms with Gasteiger partial charge in [-0.15, -0.1) is 24.8 Å². The third-order valence-corrected chi connectivity index (χ3v) is 5.94. The van der Waals surface area contributed by atoms with Crippen LogP contribution in [-0.4, -0.2) is 35.4 Å². The van der Waals surface area contributed by atoms with Crippen LogP contribution in [0.5, 0.6) is 0 Å². The number of pyridine rings is 1. The minimum absolute atomic E-state index is 0. The normalized spacial score (nSPS) is 18.1. The average Bonchev–Trinajstić information content (AvgIpc) is 3.09. The number of benzene rings is 2. The molecule has 1 atom stereocenters. The number of halogens is 2. The molecule has 1 fully saturated rings. The molecule has 3 aromatic rings. The Morgan fingerprint density at radius 1 is 1.13 bits per heavy atom. The molecule has 1 aliphatic rings. The highest BCUT2D eigenvalue weighted by molar-refractivity contribution is 6.07. The molecule has 1 amide bonds. The lowest BCUT2D eigenvalue weighted by atomic mass is 9.90. The van der Waals surface area contributed by atoms with Gasteiger partial charge in [0, 0.05) is 24.0 Å². The molecule has 4 nitrogen and oxygen atoms in total. The molecule has 1 unspecified atom stereocenters. The number of hydrogen-bond donors (Lipinski definition) is 1. The number of para-hydroxylation sites is 1. The van der Waals surface area contributed by atoms with Crippen LogP contribution in [-0.2, 0) is 0 Å². The summed E-state index contributed by atoms with van der Waals surface area (Å²) >= 11 is 0. The minimum Gasteiger partial charge on any atom is -0.338 e. The van der Waals surface area contributed by atoms with Gasteiger partial charge in [0.05, 0.1) is 16.8 Å². The van der Waals surface area contributed by atoms with Crippen molar-refractivity contribution < 1.29 is 4.79 Å². The number of nitrogens with two attached hydrogens (primary N) is 1. The molecule has 2 heterocycles. The monoisotopic (exact) mass is 445 g/mol. The van der Waals surface area contributed by atoms with Crippen molar-refractivity contribution in [3.05, 3.63) is 65.2 Å². The highest BCUT2D eigenvalue weighted by Crippen LogP contribution is 2.32. The van der Waals surface area contributed by atoms with Crippen LogP contribution in [0.25, 0.3) is 22.2 Å². The number of aromatic nitrogens is 1. The molecule has 2 N–H and O–H groups in total. The fourth-order valence-electron chi connectivity index (χ4n) is 4.13. The molecular weight excluding hydrogens is 417 g/mol. The Hall–Kier alpha value is -2.14. The lowest BCUT2D eigenvalue weighted by molar-refractivity contribution is 0.0779. The summed E-state index contributed by atoms with van der Waals surface area (Å²) in [6.07, 6.45) is 0.947. The molecule has 4 rings (SSSR count). The van der Waals surface area contributed by atoms with Crippen molar-refractivity contribution >= 4 is 41.6 Å². The van der Waals surface area contributed by atoms with E-state index in [0.717, 1.165) is 46.3 Å². The number of carbonyl (C=O) groups excluding carboxylic acids is 1. The first kappa shape index (κ1) is 24.1. The maximum atomic E-state index is 13.4. The number of rotatable bonds is 3. The van der Waals surface area contributed by atoms with Gasteiger partial charge in [-0.1, -0.05) is 48.9 Å². The van der Waals surface area contributed by atoms with Gasteiger partial charge in [-0.3, -0.25) is 4.79 Å². The second-order valence-electron chi connectivity index (χ2n) is 8.38. The van der Waals surface area contributed by atoms with Gasteiger partial charge in [-0.05, 0) is 49.9 Å². The van der Waals surface area contributed by atoms with Crippen molar-refractivity contribution in [3.8, 4) is 11.3 Å². The second-order valence-corrected chi connectivity index (χ2v) is 8.38. The molecule has 0 saturated carbocycles. The standard InChI is InChI=1S/C24H27N3O.2ClH/c1-16-8-9-18(17(2)12-16)22-13-20(19-6-4-5-7-21(19)26-22)23(28)27-11-10-24(3,14-25)15-27;;/h4-9,12-13H,10-11,14-15,25H2,1-3H3;2*1H. The van der Waals surface area contributed by atoms with Crippen LogP contribution in [0.4, 0.5) is 0 Å². The lowest BCUT2D eigenvalue weighted by Gasteiger charge is -2.23. The number of likely N-dealkylation sites (tertiary alicyclic amines) is 1. The van der Waals surface area contributed by atoms with Crippen molar-refractivity contribution in [1.29, 1.82) is 0 Å². The lowest BCUT2D eigenvalue weighted by Crippen LogP contribution is -2.34. The summed E-state index contributed by atoms with van der Waals surface area (Å²) < 4.78 is 0. The van der Waals surface area contributed by atoms with Crippen molar-refractivity contribution in [2.45, 2.75) is 27.2 Å². The SMILES string of the molecule is Cc1ccc(-c2cc(C(=O)N3CCC(C)(CN)C3)c3ccccc3n2)c(C)c1.Cl.Cl. The van der Waals surface area contributed by atoms with Gasteiger partial charge in [-0.25, -0.2) is 4.98 Å². The van der Waals surface area contributed by atoms with E-state index >= 15 is 0 Å². The van der Waals surface area contributed by atoms with E-state index in [1.54, 1.807) is 0 Å². The van der Waals surface area contributed by atoms with Crippen LogP contribution in [0.1, 0.15) is 34.8 Å². The topological polar surface area (TPSA) is 59.2 Å². The van der Waals surface area contributed by atoms with Crippen LogP contribution in [0.15, 0.2) is 48.5 Å². The smallest absolute Gasteiger partial charge is 0.254 e. The quantitative estimate of drug-likeness (QED) is 0.604. The van der Waals surface area contributed by atoms with E-state index in [9.17, 15) is 4.79 Å². The molecule has 0 aliphatic carbocycles. The number of fused-ring (bicyclic) bond motifs is 1. The Balaban J connectivity index is 0.00000160. The van der Waals surface area contributed by atoms with Crippen molar-refractivity contribution in [3.63, 3.8) is 0 Å². The van der Waals surface area contributed by atoms with E-state index in [4.69, 9.17) is 10.7 Å². The number of amides is 1. The van der Waals surface area contributed by atoms with Gasteiger partial charge < -0.3 is 10.6 Å². The zero-order chi connectivity index (χ0) is 19.9. The molecule has 0 bridgehead atoms. The van der Waals surface area contributed by atoms with Gasteiger partial charge in [0.1, 0.15) is 0 Å². The van der Waals surface area contributed by atoms with E-state index in [0.29, 0.717) is 13.1 Å². The van der Waals surface area contributed by atoms with Crippen LogP contribution < -0.4 is 5.73 Å². The van der Waals surface area contributed by atoms with E-state index in [1.165, 1.54) is 5.56 Å². The fraction of sp³-hybridized carbons (Fsp3) is 0.333. The minimum atomic E-state index is 0. The van der Waals surface area contributed by atoms with Gasteiger partial charge in [0.15, 0.2) is 0 Å². The van der Waals surface area contributed by atoms with Gasteiger partial charge in [0.2, 0.25) is 0 Å². The van der Waals surface area contributed by atoms with E-state index in [1.807, 2.05) is 35.2 Å². The molecule has 1 aliphatic heterocycles. The van der Waals surface area contributed by atoms with Crippen molar-refractivity contribution in [2.24, 2.45) is 11.1 Å². The Kier molecular flexibility index (Phi) is 7.51. The third kappa shape index (κ3) is 4.46. The summed E-state index contributed by atoms with van der Waals surface area (Å²) in [5.41, 5.74) is 11.8. The van der Waals surface area contributed by atoms with E-state index in [-0.39, 0.29) is 36.1 Å². The largest absolute Gasteiger partial charge is 0.338 e. The number of nitrogens with zero attached hydrogens (tertiary/aromatic N) is 2. The fourth-order valence-corrected chi connectivity index (χ4v) is 4.13. The summed E-state index contributed by atoms with van der Waals surface area (Å²) in [5.74, 6) is 0.0711. The van der Waals surface area contributed by atoms with Crippen molar-refractivity contribution in [2.75, 3.05) is 19.6 Å². The van der Waals surface area contributed by atoms with Crippen LogP contribution in [0.3, 0.4) is 0 Å². The summed E-state index contributed by atoms with van der Waals surface area (Å²) in [4.78, 5) is 20.2. The first-order valence-electron chi connectivity index (χ1n) is 9.87. The van der Waals surface area contributed by atoms with Crippen LogP contribution >= 0.6 is 24.8 Å². The Labute approximate surface area is 190 Å². The van der Waals surface area contributed by atoms with Crippen molar-refractivity contribution in [1.82, 2.24) is 9.88 Å². The third-order valence-electron chi connectivity index (χ3n) is 5.94. The first-order valence-corrected chi connectivity index (χ1v) is 9.87. The van der Waals surface area contributed by atoms with E-state index in [2.05, 4.69) is 39.0 Å². The van der Waals surface area contributed by atoms with Gasteiger partial charge in [0.25, 0.3) is 5.91 Å². The number of carbonyl (C=O) groups is 1. The predicted molar refractivity (Wildman–Crippen MR) is 129 cm³/mol. The molecule has 1 saturated heterocycles. The molecule has 0 spiro atoms. The molecule has 1 aromatic heterocycles. The Morgan fingerprint density at radius 3 is 2.53 bits per heavy atom. The summed E-state index contributed by atoms with van der Waals surface area (Å²) in [7, 11) is 0. The summed E-state index contributed by atoms with van der Waals surface area (Å²) in [6, 6.07) is 16.2. The predicted octanol–water partition coefficient (Wildman–Crippen LogP) is 5.17. The maximum absolute atomic E-state index is 13.4. The van der Waals surface area contributed by atoms with Gasteiger partial charge in [-0.2, -0.15) is 0 Å². The molecule has 6 heteroatoms. The second kappa shape index (κ2) is 9.34.